The number of carbonyl (C=O) groups excluding carboxylic acids is 1. The van der Waals surface area contributed by atoms with Gasteiger partial charge in [0.25, 0.3) is 0 Å². The summed E-state index contributed by atoms with van der Waals surface area (Å²) in [5.74, 6) is 0.609. The van der Waals surface area contributed by atoms with E-state index in [0.717, 1.165) is 0 Å². The first-order valence-corrected chi connectivity index (χ1v) is 6.51. The molecule has 0 fully saturated rings. The van der Waals surface area contributed by atoms with Crippen molar-refractivity contribution in [3.05, 3.63) is 34.9 Å². The Morgan fingerprint density at radius 1 is 1.35 bits per heavy atom. The highest BCUT2D eigenvalue weighted by Gasteiger charge is 2.13. The molecule has 2 nitrogen and oxygen atoms in total. The Morgan fingerprint density at radius 3 is 2.88 bits per heavy atom. The molecule has 0 aliphatic heterocycles. The van der Waals surface area contributed by atoms with Gasteiger partial charge in [-0.3, -0.25) is 4.79 Å². The quantitative estimate of drug-likeness (QED) is 0.844. The molecule has 0 amide bonds. The Hall–Kier alpha value is -1.15. The Kier molecular flexibility index (Phi) is 3.95. The fraction of sp³-hybridized carbons (Fsp3) is 0.533. The minimum absolute atomic E-state index is 0.303. The molecule has 1 aliphatic carbocycles. The zero-order chi connectivity index (χ0) is 12.3. The van der Waals surface area contributed by atoms with Gasteiger partial charge < -0.3 is 5.73 Å². The average molecular weight is 231 g/mol. The normalized spacial score (nSPS) is 15.6. The first kappa shape index (κ1) is 12.3. The summed E-state index contributed by atoms with van der Waals surface area (Å²) in [5.41, 5.74) is 9.62. The first-order chi connectivity index (χ1) is 8.19. The molecule has 0 saturated carbocycles. The van der Waals surface area contributed by atoms with Crippen molar-refractivity contribution in [3.8, 4) is 0 Å². The summed E-state index contributed by atoms with van der Waals surface area (Å²) in [5, 5.41) is 0. The van der Waals surface area contributed by atoms with Gasteiger partial charge in [-0.05, 0) is 48.4 Å². The van der Waals surface area contributed by atoms with E-state index in [9.17, 15) is 4.79 Å². The average Bonchev–Trinajstić information content (AvgIpc) is 2.75. The second-order valence-electron chi connectivity index (χ2n) is 5.22. The van der Waals surface area contributed by atoms with Crippen molar-refractivity contribution in [2.75, 3.05) is 6.54 Å². The van der Waals surface area contributed by atoms with E-state index in [0.29, 0.717) is 31.1 Å². The molecule has 0 saturated heterocycles. The number of fused-ring (bicyclic) bond motifs is 1. The smallest absolute Gasteiger partial charge is 0.137 e. The summed E-state index contributed by atoms with van der Waals surface area (Å²) < 4.78 is 0. The van der Waals surface area contributed by atoms with Crippen molar-refractivity contribution in [1.82, 2.24) is 0 Å². The second kappa shape index (κ2) is 5.46. The van der Waals surface area contributed by atoms with Crippen molar-refractivity contribution >= 4 is 5.78 Å². The highest BCUT2D eigenvalue weighted by molar-refractivity contribution is 5.81. The predicted octanol–water partition coefficient (Wildman–Crippen LogP) is 2.27. The summed E-state index contributed by atoms with van der Waals surface area (Å²) in [6, 6.07) is 6.51. The zero-order valence-corrected chi connectivity index (χ0v) is 10.5. The number of aryl methyl sites for hydroxylation is 2. The maximum atomic E-state index is 11.8. The monoisotopic (exact) mass is 231 g/mol. The molecule has 1 aromatic carbocycles. The molecule has 17 heavy (non-hydrogen) atoms. The number of hydrogen-bond acceptors (Lipinski definition) is 2. The molecule has 0 aromatic heterocycles. The van der Waals surface area contributed by atoms with Crippen LogP contribution in [0.15, 0.2) is 18.2 Å². The number of benzene rings is 1. The highest BCUT2D eigenvalue weighted by atomic mass is 16.1. The molecular formula is C15H21NO. The number of carbonyl (C=O) groups is 1. The van der Waals surface area contributed by atoms with Crippen LogP contribution < -0.4 is 5.73 Å². The lowest BCUT2D eigenvalue weighted by molar-refractivity contribution is -0.119. The molecule has 1 aromatic rings. The maximum Gasteiger partial charge on any atom is 0.137 e. The van der Waals surface area contributed by atoms with E-state index < -0.39 is 0 Å². The van der Waals surface area contributed by atoms with E-state index in [2.05, 4.69) is 18.2 Å². The summed E-state index contributed by atoms with van der Waals surface area (Å²) in [6.07, 6.45) is 4.81. The van der Waals surface area contributed by atoms with Gasteiger partial charge in [-0.1, -0.05) is 25.1 Å². The Morgan fingerprint density at radius 2 is 2.12 bits per heavy atom. The second-order valence-corrected chi connectivity index (χ2v) is 5.22. The molecule has 92 valence electrons. The Balaban J connectivity index is 1.97. The Bertz CT molecular complexity index is 411. The zero-order valence-electron chi connectivity index (χ0n) is 10.5. The summed E-state index contributed by atoms with van der Waals surface area (Å²) in [7, 11) is 0. The van der Waals surface area contributed by atoms with E-state index in [1.165, 1.54) is 36.0 Å². The molecule has 0 heterocycles. The van der Waals surface area contributed by atoms with Gasteiger partial charge >= 0.3 is 0 Å². The highest BCUT2D eigenvalue weighted by Crippen LogP contribution is 2.23. The van der Waals surface area contributed by atoms with Crippen LogP contribution in [0.25, 0.3) is 0 Å². The fourth-order valence-electron chi connectivity index (χ4n) is 2.51. The van der Waals surface area contributed by atoms with E-state index in [1.807, 2.05) is 6.92 Å². The van der Waals surface area contributed by atoms with Gasteiger partial charge in [-0.25, -0.2) is 0 Å². The largest absolute Gasteiger partial charge is 0.330 e. The van der Waals surface area contributed by atoms with Crippen LogP contribution in [0.4, 0.5) is 0 Å². The molecule has 1 aliphatic rings. The van der Waals surface area contributed by atoms with Gasteiger partial charge in [0.15, 0.2) is 0 Å². The van der Waals surface area contributed by atoms with Crippen LogP contribution >= 0.6 is 0 Å². The van der Waals surface area contributed by atoms with Gasteiger partial charge in [0.2, 0.25) is 0 Å². The fourth-order valence-corrected chi connectivity index (χ4v) is 2.51. The number of nitrogens with two attached hydrogens (primary N) is 1. The van der Waals surface area contributed by atoms with Crippen molar-refractivity contribution in [2.45, 2.75) is 39.0 Å². The number of hydrogen-bond donors (Lipinski definition) is 1. The lowest BCUT2D eigenvalue weighted by Gasteiger charge is -2.08. The SMILES string of the molecule is CC(CN)CC(=O)Cc1ccc2c(c1)CCC2. The van der Waals surface area contributed by atoms with Crippen LogP contribution in [-0.4, -0.2) is 12.3 Å². The lowest BCUT2D eigenvalue weighted by Crippen LogP contribution is -2.16. The summed E-state index contributed by atoms with van der Waals surface area (Å²) in [6.45, 7) is 2.62. The van der Waals surface area contributed by atoms with Crippen molar-refractivity contribution in [3.63, 3.8) is 0 Å². The third-order valence-corrected chi connectivity index (χ3v) is 3.54. The van der Waals surface area contributed by atoms with Crippen molar-refractivity contribution < 1.29 is 4.79 Å². The van der Waals surface area contributed by atoms with Gasteiger partial charge in [0.05, 0.1) is 0 Å². The summed E-state index contributed by atoms with van der Waals surface area (Å²) in [4.78, 5) is 11.8. The summed E-state index contributed by atoms with van der Waals surface area (Å²) >= 11 is 0. The predicted molar refractivity (Wildman–Crippen MR) is 70.0 cm³/mol. The third-order valence-electron chi connectivity index (χ3n) is 3.54. The number of rotatable bonds is 5. The van der Waals surface area contributed by atoms with Gasteiger partial charge in [-0.2, -0.15) is 0 Å². The van der Waals surface area contributed by atoms with E-state index >= 15 is 0 Å². The van der Waals surface area contributed by atoms with E-state index in [1.54, 1.807) is 0 Å². The van der Waals surface area contributed by atoms with E-state index in [-0.39, 0.29) is 0 Å². The van der Waals surface area contributed by atoms with Crippen LogP contribution in [0.2, 0.25) is 0 Å². The van der Waals surface area contributed by atoms with Crippen LogP contribution in [0, 0.1) is 5.92 Å². The van der Waals surface area contributed by atoms with Crippen LogP contribution in [0.5, 0.6) is 0 Å². The van der Waals surface area contributed by atoms with Crippen LogP contribution in [-0.2, 0) is 24.1 Å². The van der Waals surface area contributed by atoms with Crippen LogP contribution in [0.3, 0.4) is 0 Å². The van der Waals surface area contributed by atoms with Crippen molar-refractivity contribution in [2.24, 2.45) is 11.7 Å². The molecular weight excluding hydrogens is 210 g/mol. The number of ketones is 1. The third kappa shape index (κ3) is 3.16. The molecule has 2 heteroatoms. The standard InChI is InChI=1S/C15H21NO/c1-11(10-16)7-15(17)9-12-5-6-13-3-2-4-14(13)8-12/h5-6,8,11H,2-4,7,9-10,16H2,1H3. The van der Waals surface area contributed by atoms with Gasteiger partial charge in [0, 0.05) is 12.8 Å². The first-order valence-electron chi connectivity index (χ1n) is 6.51. The van der Waals surface area contributed by atoms with Gasteiger partial charge in [0.1, 0.15) is 5.78 Å². The van der Waals surface area contributed by atoms with Crippen LogP contribution in [0.1, 0.15) is 36.5 Å². The molecule has 0 radical (unpaired) electrons. The topological polar surface area (TPSA) is 43.1 Å². The molecule has 2 N–H and O–H groups in total. The molecule has 0 spiro atoms. The van der Waals surface area contributed by atoms with E-state index in [4.69, 9.17) is 5.73 Å². The molecule has 1 unspecified atom stereocenters. The molecule has 2 rings (SSSR count). The maximum absolute atomic E-state index is 11.8. The number of Topliss-reactive ketones (excluding diaryl/α,β-unsaturated/α-hetero) is 1. The Labute approximate surface area is 103 Å². The van der Waals surface area contributed by atoms with Crippen molar-refractivity contribution in [1.29, 1.82) is 0 Å². The van der Waals surface area contributed by atoms with Gasteiger partial charge in [-0.15, -0.1) is 0 Å². The lowest BCUT2D eigenvalue weighted by atomic mass is 9.98. The molecule has 0 bridgehead atoms. The molecule has 1 atom stereocenters. The minimum Gasteiger partial charge on any atom is -0.330 e. The minimum atomic E-state index is 0.303.